The molecule has 0 unspecified atom stereocenters. The van der Waals surface area contributed by atoms with E-state index in [9.17, 15) is 4.39 Å². The maximum Gasteiger partial charge on any atom is 0.150 e. The Bertz CT molecular complexity index is 620. The van der Waals surface area contributed by atoms with E-state index in [-0.39, 0.29) is 5.82 Å². The lowest BCUT2D eigenvalue weighted by Crippen LogP contribution is -2.34. The third-order valence-electron chi connectivity index (χ3n) is 4.33. The van der Waals surface area contributed by atoms with Gasteiger partial charge in [0.15, 0.2) is 5.82 Å². The number of aromatic nitrogens is 1. The Hall–Kier alpha value is -1.84. The van der Waals surface area contributed by atoms with Crippen LogP contribution in [0.4, 0.5) is 15.8 Å². The molecule has 20 heavy (non-hydrogen) atoms. The van der Waals surface area contributed by atoms with Gasteiger partial charge >= 0.3 is 0 Å². The van der Waals surface area contributed by atoms with E-state index >= 15 is 0 Å². The molecule has 1 fully saturated rings. The fraction of sp³-hybridized carbons (Fsp3) is 0.438. The molecule has 0 aliphatic heterocycles. The SMILES string of the molecule is CN(c1c(F)cc(N)c2cccnc12)C1CCCCC1. The van der Waals surface area contributed by atoms with Crippen LogP contribution < -0.4 is 10.6 Å². The van der Waals surface area contributed by atoms with Gasteiger partial charge in [-0.2, -0.15) is 0 Å². The Kier molecular flexibility index (Phi) is 3.47. The summed E-state index contributed by atoms with van der Waals surface area (Å²) < 4.78 is 14.4. The molecule has 0 radical (unpaired) electrons. The highest BCUT2D eigenvalue weighted by Crippen LogP contribution is 2.35. The van der Waals surface area contributed by atoms with Gasteiger partial charge in [0.2, 0.25) is 0 Å². The van der Waals surface area contributed by atoms with Crippen LogP contribution in [0.5, 0.6) is 0 Å². The largest absolute Gasteiger partial charge is 0.398 e. The number of nitrogen functional groups attached to an aromatic ring is 1. The number of pyridine rings is 1. The highest BCUT2D eigenvalue weighted by Gasteiger charge is 2.23. The van der Waals surface area contributed by atoms with Crippen LogP contribution in [-0.2, 0) is 0 Å². The molecule has 0 spiro atoms. The molecule has 1 aliphatic carbocycles. The average Bonchev–Trinajstić information content (AvgIpc) is 2.48. The molecule has 0 bridgehead atoms. The molecule has 106 valence electrons. The van der Waals surface area contributed by atoms with E-state index in [1.165, 1.54) is 25.3 Å². The van der Waals surface area contributed by atoms with Crippen LogP contribution in [0.1, 0.15) is 32.1 Å². The zero-order valence-electron chi connectivity index (χ0n) is 11.8. The van der Waals surface area contributed by atoms with Gasteiger partial charge in [-0.25, -0.2) is 4.39 Å². The van der Waals surface area contributed by atoms with Crippen molar-refractivity contribution in [2.45, 2.75) is 38.1 Å². The number of hydrogen-bond acceptors (Lipinski definition) is 3. The number of anilines is 2. The fourth-order valence-corrected chi connectivity index (χ4v) is 3.21. The first-order chi connectivity index (χ1) is 9.68. The smallest absolute Gasteiger partial charge is 0.150 e. The maximum atomic E-state index is 14.4. The highest BCUT2D eigenvalue weighted by molar-refractivity contribution is 5.98. The first-order valence-corrected chi connectivity index (χ1v) is 7.24. The first kappa shape index (κ1) is 13.2. The predicted molar refractivity (Wildman–Crippen MR) is 81.4 cm³/mol. The number of nitrogens with zero attached hydrogens (tertiary/aromatic N) is 2. The number of halogens is 1. The predicted octanol–water partition coefficient (Wildman–Crippen LogP) is 3.73. The summed E-state index contributed by atoms with van der Waals surface area (Å²) in [5, 5.41) is 0.826. The maximum absolute atomic E-state index is 14.4. The summed E-state index contributed by atoms with van der Waals surface area (Å²) in [5.74, 6) is -0.276. The summed E-state index contributed by atoms with van der Waals surface area (Å²) in [4.78, 5) is 6.42. The topological polar surface area (TPSA) is 42.1 Å². The van der Waals surface area contributed by atoms with Gasteiger partial charge in [0.25, 0.3) is 0 Å². The van der Waals surface area contributed by atoms with E-state index in [4.69, 9.17) is 5.73 Å². The van der Waals surface area contributed by atoms with Gasteiger partial charge in [-0.3, -0.25) is 4.98 Å². The molecule has 1 aliphatic rings. The Balaban J connectivity index is 2.10. The van der Waals surface area contributed by atoms with Crippen LogP contribution in [0.3, 0.4) is 0 Å². The van der Waals surface area contributed by atoms with Crippen LogP contribution >= 0.6 is 0 Å². The molecule has 4 heteroatoms. The van der Waals surface area contributed by atoms with Crippen LogP contribution in [0.2, 0.25) is 0 Å². The summed E-state index contributed by atoms with van der Waals surface area (Å²) in [6.45, 7) is 0. The standard InChI is InChI=1S/C16H20FN3/c1-20(11-6-3-2-4-7-11)16-13(17)10-14(18)12-8-5-9-19-15(12)16/h5,8-11H,2-4,6-7,18H2,1H3. The van der Waals surface area contributed by atoms with Gasteiger partial charge in [-0.15, -0.1) is 0 Å². The van der Waals surface area contributed by atoms with Crippen molar-refractivity contribution in [3.05, 3.63) is 30.2 Å². The third-order valence-corrected chi connectivity index (χ3v) is 4.33. The zero-order chi connectivity index (χ0) is 14.1. The third kappa shape index (κ3) is 2.19. The number of nitrogens with two attached hydrogens (primary N) is 1. The van der Waals surface area contributed by atoms with Crippen molar-refractivity contribution in [3.63, 3.8) is 0 Å². The molecule has 3 rings (SSSR count). The van der Waals surface area contributed by atoms with Crippen molar-refractivity contribution in [1.29, 1.82) is 0 Å². The van der Waals surface area contributed by atoms with Crippen molar-refractivity contribution in [2.75, 3.05) is 17.7 Å². The van der Waals surface area contributed by atoms with Crippen LogP contribution in [0.15, 0.2) is 24.4 Å². The first-order valence-electron chi connectivity index (χ1n) is 7.24. The van der Waals surface area contributed by atoms with Gasteiger partial charge in [-0.1, -0.05) is 19.3 Å². The van der Waals surface area contributed by atoms with E-state index in [0.29, 0.717) is 22.9 Å². The van der Waals surface area contributed by atoms with Gasteiger partial charge in [-0.05, 0) is 31.0 Å². The number of benzene rings is 1. The summed E-state index contributed by atoms with van der Waals surface area (Å²) in [6, 6.07) is 5.54. The van der Waals surface area contributed by atoms with Crippen LogP contribution in [0, 0.1) is 5.82 Å². The summed E-state index contributed by atoms with van der Waals surface area (Å²) in [7, 11) is 1.97. The van der Waals surface area contributed by atoms with Crippen LogP contribution in [-0.4, -0.2) is 18.1 Å². The Morgan fingerprint density at radius 1 is 1.30 bits per heavy atom. The van der Waals surface area contributed by atoms with Crippen LogP contribution in [0.25, 0.3) is 10.9 Å². The molecule has 0 atom stereocenters. The summed E-state index contributed by atoms with van der Waals surface area (Å²) in [6.07, 6.45) is 7.66. The molecule has 1 aromatic carbocycles. The minimum Gasteiger partial charge on any atom is -0.398 e. The van der Waals surface area contributed by atoms with Crippen molar-refractivity contribution < 1.29 is 4.39 Å². The van der Waals surface area contributed by atoms with Crippen molar-refractivity contribution >= 4 is 22.3 Å². The fourth-order valence-electron chi connectivity index (χ4n) is 3.21. The summed E-state index contributed by atoms with van der Waals surface area (Å²) in [5.41, 5.74) is 7.61. The lowest BCUT2D eigenvalue weighted by atomic mass is 9.94. The summed E-state index contributed by atoms with van der Waals surface area (Å²) >= 11 is 0. The van der Waals surface area contributed by atoms with Gasteiger partial charge in [0.1, 0.15) is 0 Å². The normalized spacial score (nSPS) is 16.5. The van der Waals surface area contributed by atoms with E-state index in [0.717, 1.165) is 18.2 Å². The van der Waals surface area contributed by atoms with E-state index in [2.05, 4.69) is 9.88 Å². The molecule has 1 heterocycles. The monoisotopic (exact) mass is 273 g/mol. The quantitative estimate of drug-likeness (QED) is 0.848. The second kappa shape index (κ2) is 5.27. The molecule has 2 N–H and O–H groups in total. The van der Waals surface area contributed by atoms with Crippen molar-refractivity contribution in [1.82, 2.24) is 4.98 Å². The van der Waals surface area contributed by atoms with E-state index < -0.39 is 0 Å². The minimum absolute atomic E-state index is 0.276. The van der Waals surface area contributed by atoms with Gasteiger partial charge in [0.05, 0.1) is 11.2 Å². The Morgan fingerprint density at radius 3 is 2.80 bits per heavy atom. The Labute approximate surface area is 118 Å². The molecular weight excluding hydrogens is 253 g/mol. The number of fused-ring (bicyclic) bond motifs is 1. The number of hydrogen-bond donors (Lipinski definition) is 1. The Morgan fingerprint density at radius 2 is 2.05 bits per heavy atom. The minimum atomic E-state index is -0.276. The molecular formula is C16H20FN3. The molecule has 0 saturated heterocycles. The molecule has 0 amide bonds. The van der Waals surface area contributed by atoms with Gasteiger partial charge in [0, 0.05) is 30.4 Å². The average molecular weight is 273 g/mol. The zero-order valence-corrected chi connectivity index (χ0v) is 11.8. The molecule has 1 saturated carbocycles. The molecule has 3 nitrogen and oxygen atoms in total. The lowest BCUT2D eigenvalue weighted by molar-refractivity contribution is 0.425. The molecule has 1 aromatic heterocycles. The second-order valence-electron chi connectivity index (χ2n) is 5.60. The van der Waals surface area contributed by atoms with E-state index in [1.807, 2.05) is 19.2 Å². The lowest BCUT2D eigenvalue weighted by Gasteiger charge is -2.33. The van der Waals surface area contributed by atoms with E-state index in [1.54, 1.807) is 6.20 Å². The van der Waals surface area contributed by atoms with Crippen molar-refractivity contribution in [3.8, 4) is 0 Å². The second-order valence-corrected chi connectivity index (χ2v) is 5.60. The highest BCUT2D eigenvalue weighted by atomic mass is 19.1. The number of rotatable bonds is 2. The van der Waals surface area contributed by atoms with Gasteiger partial charge < -0.3 is 10.6 Å². The van der Waals surface area contributed by atoms with Crippen molar-refractivity contribution in [2.24, 2.45) is 0 Å². The molecule has 2 aromatic rings.